The van der Waals surface area contributed by atoms with Crippen molar-refractivity contribution in [2.24, 2.45) is 17.8 Å². The molecule has 2 aromatic carbocycles. The summed E-state index contributed by atoms with van der Waals surface area (Å²) in [7, 11) is 0. The first-order chi connectivity index (χ1) is 15.2. The number of carbonyl (C=O) groups is 3. The highest BCUT2D eigenvalue weighted by atomic mass is 16.6. The van der Waals surface area contributed by atoms with E-state index in [2.05, 4.69) is 10.6 Å². The van der Waals surface area contributed by atoms with Gasteiger partial charge in [0.15, 0.2) is 0 Å². The number of anilines is 2. The number of para-hydroxylation sites is 1. The van der Waals surface area contributed by atoms with Crippen LogP contribution in [0.25, 0.3) is 0 Å². The molecule has 2 N–H and O–H groups in total. The highest BCUT2D eigenvalue weighted by Crippen LogP contribution is 2.54. The molecular weight excluding hydrogens is 412 g/mol. The summed E-state index contributed by atoms with van der Waals surface area (Å²) in [6, 6.07) is 11.0. The molecule has 4 atom stereocenters. The number of amides is 3. The summed E-state index contributed by atoms with van der Waals surface area (Å²) in [5.41, 5.74) is 0.293. The summed E-state index contributed by atoms with van der Waals surface area (Å²) in [6.45, 7) is 5.46. The third-order valence-electron chi connectivity index (χ3n) is 6.92. The van der Waals surface area contributed by atoms with Gasteiger partial charge in [-0.3, -0.25) is 29.8 Å². The van der Waals surface area contributed by atoms with Gasteiger partial charge >= 0.3 is 0 Å². The molecule has 0 aliphatic carbocycles. The predicted molar refractivity (Wildman–Crippen MR) is 116 cm³/mol. The summed E-state index contributed by atoms with van der Waals surface area (Å²) in [6.07, 6.45) is 0. The van der Waals surface area contributed by atoms with Crippen molar-refractivity contribution in [1.82, 2.24) is 5.32 Å². The minimum atomic E-state index is -1.37. The molecule has 164 valence electrons. The minimum absolute atomic E-state index is 0.0357. The zero-order valence-electron chi connectivity index (χ0n) is 17.8. The first kappa shape index (κ1) is 20.3. The van der Waals surface area contributed by atoms with Crippen LogP contribution in [0.3, 0.4) is 0 Å². The number of benzene rings is 2. The quantitative estimate of drug-likeness (QED) is 0.435. The number of imide groups is 1. The Hall–Kier alpha value is -3.59. The van der Waals surface area contributed by atoms with Gasteiger partial charge in [-0.1, -0.05) is 38.1 Å². The highest BCUT2D eigenvalue weighted by Gasteiger charge is 2.71. The van der Waals surface area contributed by atoms with E-state index in [1.54, 1.807) is 31.2 Å². The maximum absolute atomic E-state index is 13.8. The van der Waals surface area contributed by atoms with Crippen molar-refractivity contribution in [3.63, 3.8) is 0 Å². The zero-order chi connectivity index (χ0) is 22.9. The molecule has 3 aliphatic rings. The van der Waals surface area contributed by atoms with E-state index in [0.29, 0.717) is 16.8 Å². The number of nitrogens with zero attached hydrogens (tertiary/aromatic N) is 2. The van der Waals surface area contributed by atoms with Crippen molar-refractivity contribution in [3.05, 3.63) is 63.7 Å². The van der Waals surface area contributed by atoms with Gasteiger partial charge in [-0.2, -0.15) is 0 Å². The van der Waals surface area contributed by atoms with Crippen molar-refractivity contribution in [2.75, 3.05) is 10.2 Å². The van der Waals surface area contributed by atoms with Crippen LogP contribution < -0.4 is 15.5 Å². The third kappa shape index (κ3) is 2.45. The highest BCUT2D eigenvalue weighted by molar-refractivity contribution is 6.25. The lowest BCUT2D eigenvalue weighted by Gasteiger charge is -2.30. The summed E-state index contributed by atoms with van der Waals surface area (Å²) in [5.74, 6) is -3.09. The second kappa shape index (κ2) is 6.70. The van der Waals surface area contributed by atoms with Gasteiger partial charge < -0.3 is 5.32 Å². The molecule has 0 bridgehead atoms. The van der Waals surface area contributed by atoms with E-state index in [0.717, 1.165) is 4.90 Å². The second-order valence-electron chi connectivity index (χ2n) is 8.97. The van der Waals surface area contributed by atoms with E-state index in [9.17, 15) is 24.5 Å². The fourth-order valence-electron chi connectivity index (χ4n) is 5.45. The molecule has 2 saturated heterocycles. The summed E-state index contributed by atoms with van der Waals surface area (Å²) in [4.78, 5) is 52.6. The third-order valence-corrected chi connectivity index (χ3v) is 6.92. The van der Waals surface area contributed by atoms with Crippen molar-refractivity contribution in [3.8, 4) is 0 Å². The number of hydrogen-bond acceptors (Lipinski definition) is 6. The first-order valence-electron chi connectivity index (χ1n) is 10.5. The number of fused-ring (bicyclic) bond motifs is 4. The second-order valence-corrected chi connectivity index (χ2v) is 8.97. The molecule has 0 aromatic heterocycles. The van der Waals surface area contributed by atoms with E-state index in [4.69, 9.17) is 0 Å². The average molecular weight is 434 g/mol. The number of aryl methyl sites for hydroxylation is 1. The van der Waals surface area contributed by atoms with Crippen molar-refractivity contribution < 1.29 is 19.3 Å². The van der Waals surface area contributed by atoms with Crippen LogP contribution in [0.2, 0.25) is 0 Å². The smallest absolute Gasteiger partial charge is 0.274 e. The maximum Gasteiger partial charge on any atom is 0.274 e. The number of nitro benzene ring substituents is 1. The normalized spacial score (nSPS) is 28.4. The summed E-state index contributed by atoms with van der Waals surface area (Å²) < 4.78 is 0. The van der Waals surface area contributed by atoms with Gasteiger partial charge in [-0.05, 0) is 25.0 Å². The average Bonchev–Trinajstić information content (AvgIpc) is 3.34. The molecule has 9 heteroatoms. The van der Waals surface area contributed by atoms with Crippen LogP contribution in [0.15, 0.2) is 42.5 Å². The minimum Gasteiger partial charge on any atom is -0.324 e. The number of rotatable bonds is 3. The van der Waals surface area contributed by atoms with Crippen LogP contribution in [0.5, 0.6) is 0 Å². The van der Waals surface area contributed by atoms with Crippen molar-refractivity contribution in [1.29, 1.82) is 0 Å². The molecule has 1 spiro atoms. The zero-order valence-corrected chi connectivity index (χ0v) is 17.8. The predicted octanol–water partition coefficient (Wildman–Crippen LogP) is 2.48. The van der Waals surface area contributed by atoms with Gasteiger partial charge in [-0.25, -0.2) is 4.90 Å². The first-order valence-corrected chi connectivity index (χ1v) is 10.5. The Bertz CT molecular complexity index is 1210. The summed E-state index contributed by atoms with van der Waals surface area (Å²) in [5, 5.41) is 17.6. The Labute approximate surface area is 183 Å². The Kier molecular flexibility index (Phi) is 4.26. The number of nitrogens with one attached hydrogen (secondary N) is 2. The molecule has 0 saturated carbocycles. The summed E-state index contributed by atoms with van der Waals surface area (Å²) >= 11 is 0. The SMILES string of the molecule is Cc1ccc(N2C(=O)C3C(C(C)C)NC4(C(=O)Nc5ccccc54)C3C2=O)cc1[N+](=O)[O-]. The van der Waals surface area contributed by atoms with E-state index in [-0.39, 0.29) is 23.2 Å². The van der Waals surface area contributed by atoms with Crippen LogP contribution in [-0.2, 0) is 19.9 Å². The molecule has 3 amide bonds. The lowest BCUT2D eigenvalue weighted by atomic mass is 9.76. The molecule has 3 aliphatic heterocycles. The molecule has 4 unspecified atom stereocenters. The number of nitro groups is 1. The number of carbonyl (C=O) groups excluding carboxylic acids is 3. The van der Waals surface area contributed by atoms with Crippen molar-refractivity contribution >= 4 is 34.8 Å². The van der Waals surface area contributed by atoms with Crippen LogP contribution in [0.1, 0.15) is 25.0 Å². The van der Waals surface area contributed by atoms with Crippen molar-refractivity contribution in [2.45, 2.75) is 32.4 Å². The van der Waals surface area contributed by atoms with Crippen LogP contribution >= 0.6 is 0 Å². The molecule has 2 aromatic rings. The topological polar surface area (TPSA) is 122 Å². The molecular formula is C23H22N4O5. The monoisotopic (exact) mass is 434 g/mol. The maximum atomic E-state index is 13.8. The van der Waals surface area contributed by atoms with Gasteiger partial charge in [-0.15, -0.1) is 0 Å². The molecule has 9 nitrogen and oxygen atoms in total. The van der Waals surface area contributed by atoms with Gasteiger partial charge in [0.2, 0.25) is 17.7 Å². The lowest BCUT2D eigenvalue weighted by molar-refractivity contribution is -0.385. The fourth-order valence-corrected chi connectivity index (χ4v) is 5.45. The van der Waals surface area contributed by atoms with Gasteiger partial charge in [0.1, 0.15) is 5.54 Å². The Morgan fingerprint density at radius 1 is 1.09 bits per heavy atom. The standard InChI is InChI=1S/C23H22N4O5/c1-11(2)19-17-18(23(25-19)14-6-4-5-7-15(14)24-22(23)30)21(29)26(20(17)28)13-9-8-12(3)16(10-13)27(31)32/h4-11,17-19,25H,1-3H3,(H,24,30). The Morgan fingerprint density at radius 3 is 2.50 bits per heavy atom. The van der Waals surface area contributed by atoms with E-state index >= 15 is 0 Å². The van der Waals surface area contributed by atoms with Crippen LogP contribution in [-0.4, -0.2) is 28.7 Å². The molecule has 3 heterocycles. The molecule has 0 radical (unpaired) electrons. The van der Waals surface area contributed by atoms with Crippen LogP contribution in [0, 0.1) is 34.8 Å². The fraction of sp³-hybridized carbons (Fsp3) is 0.348. The van der Waals surface area contributed by atoms with Gasteiger partial charge in [0, 0.05) is 28.9 Å². The van der Waals surface area contributed by atoms with E-state index in [1.807, 2.05) is 13.8 Å². The Morgan fingerprint density at radius 2 is 1.81 bits per heavy atom. The lowest BCUT2D eigenvalue weighted by Crippen LogP contribution is -2.54. The molecule has 5 rings (SSSR count). The largest absolute Gasteiger partial charge is 0.324 e. The molecule has 32 heavy (non-hydrogen) atoms. The van der Waals surface area contributed by atoms with Crippen LogP contribution in [0.4, 0.5) is 17.1 Å². The molecule has 2 fully saturated rings. The van der Waals surface area contributed by atoms with E-state index in [1.165, 1.54) is 18.2 Å². The Balaban J connectivity index is 1.68. The van der Waals surface area contributed by atoms with Gasteiger partial charge in [0.25, 0.3) is 5.69 Å². The van der Waals surface area contributed by atoms with E-state index < -0.39 is 40.2 Å². The number of hydrogen-bond donors (Lipinski definition) is 2. The van der Waals surface area contributed by atoms with Gasteiger partial charge in [0.05, 0.1) is 22.4 Å².